The summed E-state index contributed by atoms with van der Waals surface area (Å²) < 4.78 is 19.9. The fraction of sp³-hybridized carbons (Fsp3) is 0.628. The first-order valence-corrected chi connectivity index (χ1v) is 20.8. The zero-order valence-corrected chi connectivity index (χ0v) is 35.5. The fourth-order valence-corrected chi connectivity index (χ4v) is 9.12. The zero-order valence-electron chi connectivity index (χ0n) is 34.7. The van der Waals surface area contributed by atoms with Crippen LogP contribution in [0.1, 0.15) is 79.2 Å². The lowest BCUT2D eigenvalue weighted by atomic mass is 9.89. The van der Waals surface area contributed by atoms with E-state index in [1.54, 1.807) is 31.2 Å². The van der Waals surface area contributed by atoms with Crippen LogP contribution in [-0.4, -0.2) is 115 Å². The number of likely N-dealkylation sites (N-methyl/N-ethyl adjacent to an activating group) is 2. The highest BCUT2D eigenvalue weighted by atomic mass is 32.2. The summed E-state index contributed by atoms with van der Waals surface area (Å²) in [5, 5.41) is 5.85. The third kappa shape index (κ3) is 13.3. The molecule has 55 heavy (non-hydrogen) atoms. The summed E-state index contributed by atoms with van der Waals surface area (Å²) in [4.78, 5) is 61.7. The molecule has 0 bridgehead atoms. The van der Waals surface area contributed by atoms with Crippen molar-refractivity contribution < 1.29 is 28.3 Å². The lowest BCUT2D eigenvalue weighted by molar-refractivity contribution is -0.146. The van der Waals surface area contributed by atoms with Crippen molar-refractivity contribution in [1.29, 1.82) is 0 Å². The number of nitrogens with one attached hydrogen (secondary N) is 2. The molecule has 0 aromatic heterocycles. The van der Waals surface area contributed by atoms with Gasteiger partial charge in [-0.1, -0.05) is 78.3 Å². The van der Waals surface area contributed by atoms with Crippen LogP contribution >= 0.6 is 11.8 Å². The van der Waals surface area contributed by atoms with Crippen molar-refractivity contribution in [2.45, 2.75) is 120 Å². The van der Waals surface area contributed by atoms with Gasteiger partial charge in [0.2, 0.25) is 23.6 Å². The van der Waals surface area contributed by atoms with E-state index in [2.05, 4.69) is 24.5 Å². The minimum atomic E-state index is -0.760. The van der Waals surface area contributed by atoms with Gasteiger partial charge in [-0.15, -0.1) is 11.8 Å². The molecule has 1 aliphatic heterocycles. The van der Waals surface area contributed by atoms with Gasteiger partial charge in [-0.25, -0.2) is 4.39 Å². The number of halogens is 1. The fourth-order valence-electron chi connectivity index (χ4n) is 7.80. The van der Waals surface area contributed by atoms with E-state index in [0.29, 0.717) is 19.5 Å². The number of nitrogens with zero attached hydrogens (tertiary/aromatic N) is 3. The number of rotatable bonds is 21. The molecule has 1 heterocycles. The Hall–Kier alpha value is -3.48. The van der Waals surface area contributed by atoms with E-state index in [0.717, 1.165) is 29.7 Å². The summed E-state index contributed by atoms with van der Waals surface area (Å²) in [7, 11) is 7.04. The topological polar surface area (TPSA) is 111 Å². The minimum Gasteiger partial charge on any atom is -0.379 e. The van der Waals surface area contributed by atoms with Crippen molar-refractivity contribution in [2.24, 2.45) is 17.8 Å². The molecule has 4 amide bonds. The number of methoxy groups -OCH3 is 1. The molecule has 0 saturated carbocycles. The molecule has 1 fully saturated rings. The quantitative estimate of drug-likeness (QED) is 0.149. The maximum absolute atomic E-state index is 14.4. The highest BCUT2D eigenvalue weighted by Crippen LogP contribution is 2.36. The SMILES string of the molecule is CCC(C)C(C(CC(=O)N1CCCC1C(CC(=O)NCCc1ccccc1)Sc1ccc(F)cc1)OC)N(C)C(=O)C(NC(=O)C(C(C)C)N(C)C)C(C)C. The second-order valence-electron chi connectivity index (χ2n) is 15.9. The Balaban J connectivity index is 1.82. The Kier molecular flexibility index (Phi) is 18.6. The van der Waals surface area contributed by atoms with Crippen LogP contribution in [0.3, 0.4) is 0 Å². The second-order valence-corrected chi connectivity index (χ2v) is 17.2. The predicted octanol–water partition coefficient (Wildman–Crippen LogP) is 6.03. The maximum atomic E-state index is 14.4. The third-order valence-corrected chi connectivity index (χ3v) is 12.2. The molecule has 1 saturated heterocycles. The van der Waals surface area contributed by atoms with Crippen LogP contribution in [0.5, 0.6) is 0 Å². The van der Waals surface area contributed by atoms with Crippen molar-refractivity contribution in [2.75, 3.05) is 41.3 Å². The molecule has 12 heteroatoms. The first kappa shape index (κ1) is 45.9. The molecule has 2 N–H and O–H groups in total. The van der Waals surface area contributed by atoms with Crippen LogP contribution in [-0.2, 0) is 30.3 Å². The van der Waals surface area contributed by atoms with E-state index in [4.69, 9.17) is 4.74 Å². The highest BCUT2D eigenvalue weighted by Gasteiger charge is 2.41. The van der Waals surface area contributed by atoms with Crippen LogP contribution in [0.2, 0.25) is 0 Å². The summed E-state index contributed by atoms with van der Waals surface area (Å²) in [6, 6.07) is 14.4. The highest BCUT2D eigenvalue weighted by molar-refractivity contribution is 8.00. The molecule has 7 atom stereocenters. The van der Waals surface area contributed by atoms with E-state index in [1.165, 1.54) is 23.9 Å². The lowest BCUT2D eigenvalue weighted by Crippen LogP contribution is -2.59. The Bertz CT molecular complexity index is 1500. The molecule has 0 radical (unpaired) electrons. The number of likely N-dealkylation sites (tertiary alicyclic amines) is 1. The molecule has 2 aromatic carbocycles. The Morgan fingerprint density at radius 3 is 2.16 bits per heavy atom. The average Bonchev–Trinajstić information content (AvgIpc) is 3.64. The molecule has 10 nitrogen and oxygen atoms in total. The number of hydrogen-bond donors (Lipinski definition) is 2. The number of carbonyl (C=O) groups is 4. The molecular formula is C43H66FN5O5S. The third-order valence-electron chi connectivity index (χ3n) is 10.9. The number of benzene rings is 2. The monoisotopic (exact) mass is 783 g/mol. The van der Waals surface area contributed by atoms with Gasteiger partial charge >= 0.3 is 0 Å². The molecule has 0 aliphatic carbocycles. The van der Waals surface area contributed by atoms with Crippen LogP contribution in [0.4, 0.5) is 4.39 Å². The first-order chi connectivity index (χ1) is 26.1. The largest absolute Gasteiger partial charge is 0.379 e. The Morgan fingerprint density at radius 2 is 1.60 bits per heavy atom. The number of hydrogen-bond acceptors (Lipinski definition) is 7. The summed E-state index contributed by atoms with van der Waals surface area (Å²) in [6.07, 6.45) is 2.60. The van der Waals surface area contributed by atoms with E-state index < -0.39 is 24.2 Å². The van der Waals surface area contributed by atoms with Gasteiger partial charge < -0.3 is 25.2 Å². The molecule has 1 aliphatic rings. The molecular weight excluding hydrogens is 718 g/mol. The Morgan fingerprint density at radius 1 is 0.945 bits per heavy atom. The predicted molar refractivity (Wildman–Crippen MR) is 219 cm³/mol. The summed E-state index contributed by atoms with van der Waals surface area (Å²) in [5.41, 5.74) is 1.14. The van der Waals surface area contributed by atoms with Crippen molar-refractivity contribution in [3.8, 4) is 0 Å². The second kappa shape index (κ2) is 22.3. The number of thioether (sulfide) groups is 1. The zero-order chi connectivity index (χ0) is 40.8. The van der Waals surface area contributed by atoms with E-state index in [1.807, 2.05) is 81.9 Å². The van der Waals surface area contributed by atoms with Crippen LogP contribution in [0, 0.1) is 23.6 Å². The molecule has 2 aromatic rings. The molecule has 7 unspecified atom stereocenters. The minimum absolute atomic E-state index is 0.0175. The van der Waals surface area contributed by atoms with Crippen LogP contribution in [0.25, 0.3) is 0 Å². The molecule has 306 valence electrons. The van der Waals surface area contributed by atoms with Crippen molar-refractivity contribution in [3.05, 3.63) is 66.0 Å². The van der Waals surface area contributed by atoms with Gasteiger partial charge in [0.15, 0.2) is 0 Å². The normalized spacial score (nSPS) is 17.8. The molecule has 0 spiro atoms. The lowest BCUT2D eigenvalue weighted by Gasteiger charge is -2.41. The Labute approximate surface area is 333 Å². The smallest absolute Gasteiger partial charge is 0.245 e. The van der Waals surface area contributed by atoms with E-state index in [-0.39, 0.29) is 71.3 Å². The first-order valence-electron chi connectivity index (χ1n) is 19.9. The van der Waals surface area contributed by atoms with Gasteiger partial charge in [0.1, 0.15) is 11.9 Å². The number of carbonyl (C=O) groups excluding carboxylic acids is 4. The van der Waals surface area contributed by atoms with Gasteiger partial charge in [0.05, 0.1) is 24.6 Å². The van der Waals surface area contributed by atoms with Gasteiger partial charge in [-0.2, -0.15) is 0 Å². The summed E-state index contributed by atoms with van der Waals surface area (Å²) in [5.74, 6) is -1.10. The maximum Gasteiger partial charge on any atom is 0.245 e. The van der Waals surface area contributed by atoms with Crippen molar-refractivity contribution >= 4 is 35.4 Å². The van der Waals surface area contributed by atoms with Gasteiger partial charge in [-0.3, -0.25) is 24.1 Å². The van der Waals surface area contributed by atoms with Crippen molar-refractivity contribution in [3.63, 3.8) is 0 Å². The standard InChI is InChI=1S/C43H66FN5O5S/c1-11-30(6)41(48(9)43(53)39(28(2)3)46-42(52)40(29(4)5)47(7)8)35(54-10)26-38(51)49-25-15-18-34(49)36(55-33-21-19-32(44)20-22-33)27-37(50)45-24-23-31-16-13-12-14-17-31/h12-14,16-17,19-22,28-30,34-36,39-41H,11,15,18,23-27H2,1-10H3,(H,45,50)(H,46,52). The summed E-state index contributed by atoms with van der Waals surface area (Å²) >= 11 is 1.50. The number of amides is 4. The average molecular weight is 784 g/mol. The van der Waals surface area contributed by atoms with Gasteiger partial charge in [0, 0.05) is 49.9 Å². The summed E-state index contributed by atoms with van der Waals surface area (Å²) in [6.45, 7) is 13.0. The van der Waals surface area contributed by atoms with Gasteiger partial charge in [-0.05, 0) is 80.9 Å². The van der Waals surface area contributed by atoms with E-state index in [9.17, 15) is 23.6 Å². The van der Waals surface area contributed by atoms with Crippen LogP contribution in [0.15, 0.2) is 59.5 Å². The number of ether oxygens (including phenoxy) is 1. The van der Waals surface area contributed by atoms with Crippen molar-refractivity contribution in [1.82, 2.24) is 25.3 Å². The van der Waals surface area contributed by atoms with Gasteiger partial charge in [0.25, 0.3) is 0 Å². The molecule has 3 rings (SSSR count). The van der Waals surface area contributed by atoms with Crippen LogP contribution < -0.4 is 10.6 Å². The van der Waals surface area contributed by atoms with E-state index >= 15 is 0 Å².